The molecule has 0 aliphatic carbocycles. The van der Waals surface area contributed by atoms with E-state index in [1.165, 1.54) is 21.6 Å². The van der Waals surface area contributed by atoms with Crippen LogP contribution in [0.15, 0.2) is 54.7 Å². The molecular weight excluding hydrogens is 499 g/mol. The number of benzene rings is 2. The van der Waals surface area contributed by atoms with E-state index in [4.69, 9.17) is 4.74 Å². The van der Waals surface area contributed by atoms with E-state index in [-0.39, 0.29) is 20.4 Å². The number of anilines is 3. The first-order chi connectivity index (χ1) is 11.7. The number of hydrogen-bond acceptors (Lipinski definition) is 3. The number of fused-ring (bicyclic) bond motifs is 4. The van der Waals surface area contributed by atoms with Crippen molar-refractivity contribution in [2.75, 3.05) is 4.90 Å². The molecule has 0 atom stereocenters. The number of para-hydroxylation sites is 1. The number of ether oxygens (including phenoxy) is 1. The number of rotatable bonds is 1. The summed E-state index contributed by atoms with van der Waals surface area (Å²) in [4.78, 5) is 6.90. The largest absolute Gasteiger partial charge is 0.451 e. The van der Waals surface area contributed by atoms with E-state index in [0.717, 1.165) is 23.0 Å². The van der Waals surface area contributed by atoms with Crippen LogP contribution in [0.4, 0.5) is 17.2 Å². The Balaban J connectivity index is 0.00000157. The van der Waals surface area contributed by atoms with Gasteiger partial charge in [-0.3, -0.25) is 4.90 Å². The van der Waals surface area contributed by atoms with Gasteiger partial charge in [-0.2, -0.15) is 0 Å². The normalized spacial score (nSPS) is 13.3. The van der Waals surface area contributed by atoms with Crippen molar-refractivity contribution in [3.63, 3.8) is 0 Å². The quantitative estimate of drug-likeness (QED) is 0.319. The molecule has 0 spiro atoms. The van der Waals surface area contributed by atoms with Crippen LogP contribution in [0.25, 0.3) is 0 Å². The molecule has 3 nitrogen and oxygen atoms in total. The molecule has 0 saturated heterocycles. The van der Waals surface area contributed by atoms with Crippen molar-refractivity contribution >= 4 is 37.1 Å². The molecule has 123 valence electrons. The number of pyridine rings is 1. The summed E-state index contributed by atoms with van der Waals surface area (Å²) in [7, 11) is 0.641. The number of aromatic nitrogens is 1. The first-order valence-corrected chi connectivity index (χ1v) is 9.19. The fourth-order valence-corrected chi connectivity index (χ4v) is 4.67. The molecule has 3 heterocycles. The second-order valence-electron chi connectivity index (χ2n) is 6.47. The molecule has 3 aromatic rings. The van der Waals surface area contributed by atoms with Gasteiger partial charge >= 0.3 is 0 Å². The molecule has 0 N–H and O–H groups in total. The van der Waals surface area contributed by atoms with Crippen LogP contribution < -0.4 is 20.0 Å². The van der Waals surface area contributed by atoms with Crippen LogP contribution in [-0.4, -0.2) is 14.5 Å². The first-order valence-electron chi connectivity index (χ1n) is 8.19. The van der Waals surface area contributed by atoms with Gasteiger partial charge in [-0.05, 0) is 46.1 Å². The molecular formula is C20H16N2OReSi. The minimum absolute atomic E-state index is 0. The van der Waals surface area contributed by atoms with Gasteiger partial charge in [-0.25, -0.2) is 4.98 Å². The Morgan fingerprint density at radius 3 is 2.68 bits per heavy atom. The molecule has 0 amide bonds. The molecule has 5 heteroatoms. The van der Waals surface area contributed by atoms with Crippen molar-refractivity contribution < 1.29 is 25.2 Å². The number of hydrogen-bond donors (Lipinski definition) is 0. The molecule has 3 radical (unpaired) electrons. The molecule has 0 unspecified atom stereocenters. The van der Waals surface area contributed by atoms with Crippen molar-refractivity contribution in [2.24, 2.45) is 0 Å². The van der Waals surface area contributed by atoms with E-state index in [1.807, 2.05) is 24.4 Å². The van der Waals surface area contributed by atoms with Crippen LogP contribution in [0.1, 0.15) is 25.3 Å². The van der Waals surface area contributed by atoms with Crippen LogP contribution in [0.5, 0.6) is 11.5 Å². The topological polar surface area (TPSA) is 25.4 Å². The van der Waals surface area contributed by atoms with Crippen molar-refractivity contribution in [1.29, 1.82) is 0 Å². The van der Waals surface area contributed by atoms with Crippen molar-refractivity contribution in [3.8, 4) is 11.5 Å². The average molecular weight is 515 g/mol. The van der Waals surface area contributed by atoms with E-state index in [1.54, 1.807) is 0 Å². The summed E-state index contributed by atoms with van der Waals surface area (Å²) in [5.74, 6) is 3.11. The summed E-state index contributed by atoms with van der Waals surface area (Å²) in [5, 5.41) is 2.68. The molecule has 25 heavy (non-hydrogen) atoms. The van der Waals surface area contributed by atoms with E-state index in [2.05, 4.69) is 54.1 Å². The fourth-order valence-electron chi connectivity index (χ4n) is 3.37. The Morgan fingerprint density at radius 1 is 1.00 bits per heavy atom. The maximum absolute atomic E-state index is 6.12. The van der Waals surface area contributed by atoms with Crippen LogP contribution in [0, 0.1) is 0 Å². The summed E-state index contributed by atoms with van der Waals surface area (Å²) in [5.41, 5.74) is 3.74. The second-order valence-corrected chi connectivity index (χ2v) is 7.80. The minimum atomic E-state index is 0. The van der Waals surface area contributed by atoms with Crippen LogP contribution in [0.2, 0.25) is 0 Å². The van der Waals surface area contributed by atoms with E-state index < -0.39 is 0 Å². The Morgan fingerprint density at radius 2 is 1.84 bits per heavy atom. The van der Waals surface area contributed by atoms with Crippen LogP contribution in [-0.2, 0) is 20.4 Å². The molecule has 0 bridgehead atoms. The summed E-state index contributed by atoms with van der Waals surface area (Å²) >= 11 is 0. The van der Waals surface area contributed by atoms with Gasteiger partial charge in [-0.15, -0.1) is 0 Å². The summed E-state index contributed by atoms with van der Waals surface area (Å²) in [6.07, 6.45) is 1.83. The SMILES string of the molecule is CC(C)c1ccc2c(c1)N1c3ncccc3Oc3cccc(c31)[Si]2.[Re]. The van der Waals surface area contributed by atoms with Gasteiger partial charge < -0.3 is 4.74 Å². The molecule has 2 aromatic carbocycles. The van der Waals surface area contributed by atoms with Gasteiger partial charge in [0.1, 0.15) is 9.52 Å². The van der Waals surface area contributed by atoms with E-state index in [0.29, 0.717) is 15.4 Å². The van der Waals surface area contributed by atoms with E-state index in [9.17, 15) is 0 Å². The molecule has 2 aliphatic rings. The third-order valence-corrected chi connectivity index (χ3v) is 5.97. The standard InChI is InChI=1S/C20H16N2OSi.Re/c1-12(2)13-8-9-17-14(11-13)22-19-15(5-3-7-18(19)24-17)23-16-6-4-10-21-20(16)22;/h3-12H,1-2H3;. The summed E-state index contributed by atoms with van der Waals surface area (Å²) in [6.45, 7) is 4.47. The second kappa shape index (κ2) is 6.10. The van der Waals surface area contributed by atoms with Gasteiger partial charge in [0.15, 0.2) is 17.3 Å². The third kappa shape index (κ3) is 2.46. The minimum Gasteiger partial charge on any atom is -0.451 e. The monoisotopic (exact) mass is 515 g/mol. The van der Waals surface area contributed by atoms with Crippen molar-refractivity contribution in [3.05, 3.63) is 60.3 Å². The Kier molecular flexibility index (Phi) is 4.04. The Hall–Kier alpha value is -1.93. The van der Waals surface area contributed by atoms with Crippen molar-refractivity contribution in [1.82, 2.24) is 4.98 Å². The molecule has 0 fully saturated rings. The van der Waals surface area contributed by atoms with Gasteiger partial charge in [0.2, 0.25) is 0 Å². The summed E-state index contributed by atoms with van der Waals surface area (Å²) < 4.78 is 6.12. The van der Waals surface area contributed by atoms with Crippen molar-refractivity contribution in [2.45, 2.75) is 19.8 Å². The predicted octanol–water partition coefficient (Wildman–Crippen LogP) is 3.75. The third-order valence-electron chi connectivity index (χ3n) is 4.60. The average Bonchev–Trinajstić information content (AvgIpc) is 2.61. The fraction of sp³-hybridized carbons (Fsp3) is 0.150. The predicted molar refractivity (Wildman–Crippen MR) is 98.1 cm³/mol. The first kappa shape index (κ1) is 16.5. The molecule has 5 rings (SSSR count). The maximum atomic E-state index is 6.12. The number of nitrogens with zero attached hydrogens (tertiary/aromatic N) is 2. The molecule has 1 aromatic heterocycles. The maximum Gasteiger partial charge on any atom is 0.181 e. The molecule has 0 saturated carbocycles. The van der Waals surface area contributed by atoms with Gasteiger partial charge in [0.05, 0.1) is 5.69 Å². The smallest absolute Gasteiger partial charge is 0.181 e. The zero-order valence-electron chi connectivity index (χ0n) is 14.0. The molecule has 2 aliphatic heterocycles. The van der Waals surface area contributed by atoms with Gasteiger partial charge in [0.25, 0.3) is 0 Å². The van der Waals surface area contributed by atoms with Gasteiger partial charge in [0, 0.05) is 32.3 Å². The Bertz CT molecular complexity index is 959. The van der Waals surface area contributed by atoms with Crippen LogP contribution >= 0.6 is 0 Å². The van der Waals surface area contributed by atoms with E-state index >= 15 is 0 Å². The zero-order chi connectivity index (χ0) is 16.3. The zero-order valence-corrected chi connectivity index (χ0v) is 17.7. The van der Waals surface area contributed by atoms with Gasteiger partial charge in [-0.1, -0.05) is 38.1 Å². The Labute approximate surface area is 163 Å². The van der Waals surface area contributed by atoms with Crippen LogP contribution in [0.3, 0.4) is 0 Å². The summed E-state index contributed by atoms with van der Waals surface area (Å²) in [6, 6.07) is 17.1.